The standard InChI is InChI=1S/C14H19N3O3S/c1-8-10(9(7-19-5)11(18)20-6)15-13-17(8)16-12(21-13)14(2,3)4/h7H,1-6H3. The van der Waals surface area contributed by atoms with Crippen LogP contribution in [0.2, 0.25) is 0 Å². The summed E-state index contributed by atoms with van der Waals surface area (Å²) in [5, 5.41) is 5.58. The molecule has 6 nitrogen and oxygen atoms in total. The lowest BCUT2D eigenvalue weighted by atomic mass is 9.98. The van der Waals surface area contributed by atoms with Gasteiger partial charge in [0.2, 0.25) is 4.96 Å². The Morgan fingerprint density at radius 2 is 2.00 bits per heavy atom. The highest BCUT2D eigenvalue weighted by Crippen LogP contribution is 2.30. The molecule has 0 fully saturated rings. The Labute approximate surface area is 127 Å². The molecule has 0 bridgehead atoms. The highest BCUT2D eigenvalue weighted by atomic mass is 32.1. The number of imidazole rings is 1. The number of aromatic nitrogens is 3. The smallest absolute Gasteiger partial charge is 0.343 e. The fourth-order valence-corrected chi connectivity index (χ4v) is 2.84. The summed E-state index contributed by atoms with van der Waals surface area (Å²) in [6, 6.07) is 0. The van der Waals surface area contributed by atoms with Gasteiger partial charge in [0.15, 0.2) is 0 Å². The third-order valence-corrected chi connectivity index (χ3v) is 4.30. The van der Waals surface area contributed by atoms with Crippen LogP contribution in [0, 0.1) is 6.92 Å². The second-order valence-corrected chi connectivity index (χ2v) is 6.61. The number of aryl methyl sites for hydroxylation is 1. The zero-order chi connectivity index (χ0) is 15.8. The molecule has 0 saturated carbocycles. The highest BCUT2D eigenvalue weighted by Gasteiger charge is 2.25. The lowest BCUT2D eigenvalue weighted by molar-refractivity contribution is -0.133. The van der Waals surface area contributed by atoms with E-state index in [1.54, 1.807) is 4.52 Å². The van der Waals surface area contributed by atoms with Gasteiger partial charge < -0.3 is 9.47 Å². The van der Waals surface area contributed by atoms with E-state index in [1.165, 1.54) is 31.8 Å². The number of nitrogens with zero attached hydrogens (tertiary/aromatic N) is 3. The van der Waals surface area contributed by atoms with Gasteiger partial charge in [0, 0.05) is 5.41 Å². The number of rotatable bonds is 3. The maximum atomic E-state index is 11.8. The number of esters is 1. The fourth-order valence-electron chi connectivity index (χ4n) is 1.84. The maximum absolute atomic E-state index is 11.8. The second kappa shape index (κ2) is 5.48. The Morgan fingerprint density at radius 1 is 1.33 bits per heavy atom. The van der Waals surface area contributed by atoms with E-state index < -0.39 is 5.97 Å². The Kier molecular flexibility index (Phi) is 4.04. The van der Waals surface area contributed by atoms with E-state index in [9.17, 15) is 4.79 Å². The number of hydrogen-bond donors (Lipinski definition) is 0. The van der Waals surface area contributed by atoms with Crippen LogP contribution in [0.15, 0.2) is 6.26 Å². The third-order valence-electron chi connectivity index (χ3n) is 2.97. The summed E-state index contributed by atoms with van der Waals surface area (Å²) in [6.07, 6.45) is 1.34. The molecule has 0 atom stereocenters. The lowest BCUT2D eigenvalue weighted by Gasteiger charge is -2.12. The molecule has 2 aromatic heterocycles. The van der Waals surface area contributed by atoms with Crippen LogP contribution < -0.4 is 0 Å². The van der Waals surface area contributed by atoms with Crippen LogP contribution in [0.3, 0.4) is 0 Å². The molecule has 0 aliphatic rings. The van der Waals surface area contributed by atoms with Gasteiger partial charge in [0.25, 0.3) is 0 Å². The molecule has 2 aromatic rings. The minimum atomic E-state index is -0.484. The van der Waals surface area contributed by atoms with Crippen molar-refractivity contribution in [2.75, 3.05) is 14.2 Å². The molecule has 7 heteroatoms. The molecule has 0 aliphatic carbocycles. The molecule has 0 radical (unpaired) electrons. The summed E-state index contributed by atoms with van der Waals surface area (Å²) in [5.74, 6) is -0.484. The van der Waals surface area contributed by atoms with Crippen LogP contribution in [-0.4, -0.2) is 34.8 Å². The normalized spacial score (nSPS) is 12.8. The van der Waals surface area contributed by atoms with Crippen molar-refractivity contribution in [2.24, 2.45) is 0 Å². The number of carbonyl (C=O) groups is 1. The second-order valence-electron chi connectivity index (χ2n) is 5.66. The predicted molar refractivity (Wildman–Crippen MR) is 81.3 cm³/mol. The Morgan fingerprint density at radius 3 is 2.48 bits per heavy atom. The minimum Gasteiger partial charge on any atom is -0.503 e. The van der Waals surface area contributed by atoms with Gasteiger partial charge in [-0.1, -0.05) is 32.1 Å². The van der Waals surface area contributed by atoms with E-state index in [-0.39, 0.29) is 11.0 Å². The van der Waals surface area contributed by atoms with Crippen molar-refractivity contribution < 1.29 is 14.3 Å². The van der Waals surface area contributed by atoms with Crippen molar-refractivity contribution in [3.05, 3.63) is 22.7 Å². The average molecular weight is 309 g/mol. The van der Waals surface area contributed by atoms with Crippen LogP contribution in [0.5, 0.6) is 0 Å². The fraction of sp³-hybridized carbons (Fsp3) is 0.500. The third kappa shape index (κ3) is 2.78. The summed E-state index contributed by atoms with van der Waals surface area (Å²) in [5.41, 5.74) is 1.56. The SMILES string of the molecule is COC=C(C(=O)OC)c1nc2sc(C(C)(C)C)nn2c1C. The monoisotopic (exact) mass is 309 g/mol. The Balaban J connectivity index is 2.57. The summed E-state index contributed by atoms with van der Waals surface area (Å²) in [6.45, 7) is 8.18. The molecule has 0 aliphatic heterocycles. The van der Waals surface area contributed by atoms with Gasteiger partial charge in [0.05, 0.1) is 26.2 Å². The molecule has 21 heavy (non-hydrogen) atoms. The molecule has 2 rings (SSSR count). The zero-order valence-corrected chi connectivity index (χ0v) is 13.9. The van der Waals surface area contributed by atoms with Gasteiger partial charge >= 0.3 is 5.97 Å². The van der Waals surface area contributed by atoms with Gasteiger partial charge in [-0.15, -0.1) is 0 Å². The summed E-state index contributed by atoms with van der Waals surface area (Å²) in [4.78, 5) is 17.1. The molecule has 0 unspecified atom stereocenters. The average Bonchev–Trinajstić information content (AvgIpc) is 2.95. The van der Waals surface area contributed by atoms with E-state index >= 15 is 0 Å². The first-order valence-corrected chi connectivity index (χ1v) is 7.29. The van der Waals surface area contributed by atoms with Crippen LogP contribution in [-0.2, 0) is 19.7 Å². The van der Waals surface area contributed by atoms with Crippen molar-refractivity contribution >= 4 is 27.8 Å². The van der Waals surface area contributed by atoms with Gasteiger partial charge in [-0.3, -0.25) is 0 Å². The van der Waals surface area contributed by atoms with Crippen LogP contribution in [0.1, 0.15) is 37.2 Å². The van der Waals surface area contributed by atoms with Crippen LogP contribution >= 0.6 is 11.3 Å². The highest BCUT2D eigenvalue weighted by molar-refractivity contribution is 7.16. The number of ether oxygens (including phenoxy) is 2. The van der Waals surface area contributed by atoms with Crippen molar-refractivity contribution in [3.8, 4) is 0 Å². The maximum Gasteiger partial charge on any atom is 0.343 e. The number of methoxy groups -OCH3 is 2. The van der Waals surface area contributed by atoms with E-state index in [0.29, 0.717) is 5.69 Å². The van der Waals surface area contributed by atoms with E-state index in [0.717, 1.165) is 15.7 Å². The Bertz CT molecular complexity index is 707. The van der Waals surface area contributed by atoms with Gasteiger partial charge in [-0.05, 0) is 6.92 Å². The first-order valence-electron chi connectivity index (χ1n) is 6.48. The molecule has 0 saturated heterocycles. The van der Waals surface area contributed by atoms with E-state index in [2.05, 4.69) is 30.9 Å². The van der Waals surface area contributed by atoms with Crippen molar-refractivity contribution in [1.29, 1.82) is 0 Å². The van der Waals surface area contributed by atoms with Gasteiger partial charge in [-0.2, -0.15) is 5.10 Å². The van der Waals surface area contributed by atoms with Gasteiger partial charge in [0.1, 0.15) is 16.3 Å². The molecule has 0 amide bonds. The molecular weight excluding hydrogens is 290 g/mol. The summed E-state index contributed by atoms with van der Waals surface area (Å²) < 4.78 is 11.5. The van der Waals surface area contributed by atoms with Crippen LogP contribution in [0.25, 0.3) is 10.5 Å². The topological polar surface area (TPSA) is 65.7 Å². The molecule has 0 spiro atoms. The number of hydrogen-bond acceptors (Lipinski definition) is 6. The number of carbonyl (C=O) groups excluding carboxylic acids is 1. The first kappa shape index (κ1) is 15.5. The Hall–Kier alpha value is -1.89. The quantitative estimate of drug-likeness (QED) is 0.495. The zero-order valence-electron chi connectivity index (χ0n) is 13.1. The molecule has 114 valence electrons. The molecule has 0 aromatic carbocycles. The van der Waals surface area contributed by atoms with Gasteiger partial charge in [-0.25, -0.2) is 14.3 Å². The number of fused-ring (bicyclic) bond motifs is 1. The minimum absolute atomic E-state index is 0.0362. The molecule has 2 heterocycles. The lowest BCUT2D eigenvalue weighted by Crippen LogP contribution is -2.11. The van der Waals surface area contributed by atoms with E-state index in [1.807, 2.05) is 6.92 Å². The first-order chi connectivity index (χ1) is 9.79. The van der Waals surface area contributed by atoms with Crippen LogP contribution in [0.4, 0.5) is 0 Å². The van der Waals surface area contributed by atoms with Crippen molar-refractivity contribution in [2.45, 2.75) is 33.1 Å². The largest absolute Gasteiger partial charge is 0.503 e. The van der Waals surface area contributed by atoms with Crippen molar-refractivity contribution in [1.82, 2.24) is 14.6 Å². The predicted octanol–water partition coefficient (Wildman–Crippen LogP) is 2.56. The van der Waals surface area contributed by atoms with Crippen molar-refractivity contribution in [3.63, 3.8) is 0 Å². The molecular formula is C14H19N3O3S. The summed E-state index contributed by atoms with van der Waals surface area (Å²) >= 11 is 1.51. The summed E-state index contributed by atoms with van der Waals surface area (Å²) in [7, 11) is 2.81. The van der Waals surface area contributed by atoms with E-state index in [4.69, 9.17) is 9.47 Å². The molecule has 0 N–H and O–H groups in total.